The molecule has 1 heterocycles. The zero-order valence-electron chi connectivity index (χ0n) is 24.2. The lowest BCUT2D eigenvalue weighted by molar-refractivity contribution is -0.171. The predicted molar refractivity (Wildman–Crippen MR) is 177 cm³/mol. The van der Waals surface area contributed by atoms with Crippen LogP contribution < -0.4 is 20.1 Å². The molecule has 218 valence electrons. The number of carbonyl (C=O) groups excluding carboxylic acids is 2. The first-order valence-electron chi connectivity index (χ1n) is 14.9. The molecule has 7 aromatic carbocycles. The van der Waals surface area contributed by atoms with Gasteiger partial charge in [-0.3, -0.25) is 9.59 Å². The van der Waals surface area contributed by atoms with E-state index >= 15 is 0 Å². The normalized spacial score (nSPS) is 13.3. The molecule has 45 heavy (non-hydrogen) atoms. The molecule has 8 rings (SSSR count). The van der Waals surface area contributed by atoms with E-state index in [1.54, 1.807) is 24.3 Å². The number of fused-ring (bicyclic) bond motifs is 5. The SMILES string of the molecule is O=C(NCc1c2ccccc2cc2ccccc12)C1(C(=O)NCc2c3ccccc3cc3ccccc23)Oc2ccccc2O1. The van der Waals surface area contributed by atoms with Gasteiger partial charge in [0, 0.05) is 13.1 Å². The largest absolute Gasteiger partial charge is 0.433 e. The summed E-state index contributed by atoms with van der Waals surface area (Å²) in [5, 5.41) is 14.3. The Balaban J connectivity index is 1.14. The summed E-state index contributed by atoms with van der Waals surface area (Å²) in [6.45, 7) is 0.347. The van der Waals surface area contributed by atoms with E-state index in [2.05, 4.69) is 47.0 Å². The summed E-state index contributed by atoms with van der Waals surface area (Å²) >= 11 is 0. The third-order valence-electron chi connectivity index (χ3n) is 8.57. The van der Waals surface area contributed by atoms with Crippen molar-refractivity contribution in [1.29, 1.82) is 0 Å². The quantitative estimate of drug-likeness (QED) is 0.157. The minimum Gasteiger partial charge on any atom is -0.433 e. The smallest absolute Gasteiger partial charge is 0.415 e. The Morgan fingerprint density at radius 3 is 1.13 bits per heavy atom. The molecule has 6 heteroatoms. The first-order valence-corrected chi connectivity index (χ1v) is 14.9. The van der Waals surface area contributed by atoms with Crippen LogP contribution in [0.1, 0.15) is 11.1 Å². The van der Waals surface area contributed by atoms with Crippen molar-refractivity contribution in [1.82, 2.24) is 10.6 Å². The maximum absolute atomic E-state index is 14.1. The van der Waals surface area contributed by atoms with Gasteiger partial charge >= 0.3 is 17.6 Å². The molecule has 0 radical (unpaired) electrons. The number of ether oxygens (including phenoxy) is 2. The van der Waals surface area contributed by atoms with Crippen molar-refractivity contribution in [3.63, 3.8) is 0 Å². The number of hydrogen-bond donors (Lipinski definition) is 2. The van der Waals surface area contributed by atoms with E-state index in [0.717, 1.165) is 54.2 Å². The molecule has 1 aliphatic heterocycles. The Morgan fingerprint density at radius 2 is 0.778 bits per heavy atom. The van der Waals surface area contributed by atoms with Crippen LogP contribution in [0.25, 0.3) is 43.1 Å². The lowest BCUT2D eigenvalue weighted by Gasteiger charge is -2.26. The summed E-state index contributed by atoms with van der Waals surface area (Å²) < 4.78 is 12.2. The van der Waals surface area contributed by atoms with E-state index in [-0.39, 0.29) is 13.1 Å². The molecule has 0 spiro atoms. The number of benzene rings is 7. The molecule has 0 unspecified atom stereocenters. The van der Waals surface area contributed by atoms with E-state index in [1.165, 1.54) is 0 Å². The van der Waals surface area contributed by atoms with Crippen molar-refractivity contribution in [3.8, 4) is 11.5 Å². The van der Waals surface area contributed by atoms with Gasteiger partial charge in [0.1, 0.15) is 0 Å². The van der Waals surface area contributed by atoms with E-state index in [4.69, 9.17) is 9.47 Å². The van der Waals surface area contributed by atoms with Crippen molar-refractivity contribution in [2.75, 3.05) is 0 Å². The van der Waals surface area contributed by atoms with Crippen LogP contribution in [0.15, 0.2) is 133 Å². The van der Waals surface area contributed by atoms with E-state index < -0.39 is 17.6 Å². The van der Waals surface area contributed by atoms with Crippen LogP contribution in [0.5, 0.6) is 11.5 Å². The summed E-state index contributed by atoms with van der Waals surface area (Å²) in [4.78, 5) is 28.3. The summed E-state index contributed by atoms with van der Waals surface area (Å²) in [5.41, 5.74) is 1.90. The van der Waals surface area contributed by atoms with Gasteiger partial charge in [-0.1, -0.05) is 109 Å². The van der Waals surface area contributed by atoms with Gasteiger partial charge in [0.05, 0.1) is 0 Å². The van der Waals surface area contributed by atoms with Crippen LogP contribution in [0.2, 0.25) is 0 Å². The van der Waals surface area contributed by atoms with E-state index in [1.807, 2.05) is 72.8 Å². The second-order valence-electron chi connectivity index (χ2n) is 11.2. The van der Waals surface area contributed by atoms with Gasteiger partial charge in [0.15, 0.2) is 11.5 Å². The number of nitrogens with one attached hydrogen (secondary N) is 2. The lowest BCUT2D eigenvalue weighted by atomic mass is 9.96. The average molecular weight is 589 g/mol. The molecule has 0 saturated heterocycles. The van der Waals surface area contributed by atoms with Crippen LogP contribution in [0.4, 0.5) is 0 Å². The van der Waals surface area contributed by atoms with Gasteiger partial charge in [-0.25, -0.2) is 0 Å². The molecule has 2 N–H and O–H groups in total. The molecule has 0 atom stereocenters. The summed E-state index contributed by atoms with van der Waals surface area (Å²) in [7, 11) is 0. The molecule has 0 aromatic heterocycles. The average Bonchev–Trinajstić information content (AvgIpc) is 3.49. The fraction of sp³-hybridized carbons (Fsp3) is 0.0769. The second-order valence-corrected chi connectivity index (χ2v) is 11.2. The highest BCUT2D eigenvalue weighted by Gasteiger charge is 2.56. The standard InChI is InChI=1S/C39H28N2O4/c42-37(40-23-33-29-15-5-1-11-25(29)21-26-12-2-6-16-30(26)33)39(44-35-19-9-10-20-36(35)45-39)38(43)41-24-34-31-17-7-3-13-27(31)22-28-14-4-8-18-32(28)34/h1-22H,23-24H2,(H,40,42)(H,41,43). The molecule has 0 saturated carbocycles. The Kier molecular flexibility index (Phi) is 6.34. The number of carbonyl (C=O) groups is 2. The maximum Gasteiger partial charge on any atom is 0.415 e. The van der Waals surface area contributed by atoms with Gasteiger partial charge in [0.2, 0.25) is 0 Å². The number of rotatable bonds is 6. The Hall–Kier alpha value is -5.88. The van der Waals surface area contributed by atoms with Crippen LogP contribution in [-0.2, 0) is 22.7 Å². The van der Waals surface area contributed by atoms with Crippen molar-refractivity contribution < 1.29 is 19.1 Å². The van der Waals surface area contributed by atoms with E-state index in [0.29, 0.717) is 11.5 Å². The van der Waals surface area contributed by atoms with Crippen LogP contribution in [0, 0.1) is 0 Å². The number of amides is 2. The maximum atomic E-state index is 14.1. The zero-order chi connectivity index (χ0) is 30.4. The molecule has 0 fully saturated rings. The monoisotopic (exact) mass is 588 g/mol. The van der Waals surface area contributed by atoms with Gasteiger partial charge in [-0.15, -0.1) is 0 Å². The lowest BCUT2D eigenvalue weighted by Crippen LogP contribution is -2.62. The Bertz CT molecular complexity index is 2020. The third kappa shape index (κ3) is 4.50. The van der Waals surface area contributed by atoms with Gasteiger partial charge in [-0.05, 0) is 78.5 Å². The van der Waals surface area contributed by atoms with Crippen LogP contribution >= 0.6 is 0 Å². The van der Waals surface area contributed by atoms with Crippen molar-refractivity contribution in [3.05, 3.63) is 145 Å². The van der Waals surface area contributed by atoms with Crippen LogP contribution in [0.3, 0.4) is 0 Å². The van der Waals surface area contributed by atoms with E-state index in [9.17, 15) is 9.59 Å². The fourth-order valence-corrected chi connectivity index (χ4v) is 6.40. The highest BCUT2D eigenvalue weighted by molar-refractivity contribution is 6.09. The first-order chi connectivity index (χ1) is 22.1. The molecule has 7 aromatic rings. The molecule has 6 nitrogen and oxygen atoms in total. The zero-order valence-corrected chi connectivity index (χ0v) is 24.2. The molecule has 2 amide bonds. The highest BCUT2D eigenvalue weighted by atomic mass is 16.7. The molecule has 0 aliphatic carbocycles. The minimum absolute atomic E-state index is 0.173. The summed E-state index contributed by atoms with van der Waals surface area (Å²) in [6, 6.07) is 43.5. The van der Waals surface area contributed by atoms with Crippen molar-refractivity contribution in [2.24, 2.45) is 0 Å². The van der Waals surface area contributed by atoms with Crippen molar-refractivity contribution in [2.45, 2.75) is 18.9 Å². The fourth-order valence-electron chi connectivity index (χ4n) is 6.40. The predicted octanol–water partition coefficient (Wildman–Crippen LogP) is 7.40. The van der Waals surface area contributed by atoms with Gasteiger partial charge in [0.25, 0.3) is 0 Å². The third-order valence-corrected chi connectivity index (χ3v) is 8.57. The summed E-state index contributed by atoms with van der Waals surface area (Å²) in [5.74, 6) is -2.96. The topological polar surface area (TPSA) is 76.7 Å². The van der Waals surface area contributed by atoms with Crippen LogP contribution in [-0.4, -0.2) is 17.6 Å². The number of hydrogen-bond acceptors (Lipinski definition) is 4. The first kappa shape index (κ1) is 26.7. The molecule has 0 bridgehead atoms. The molecular weight excluding hydrogens is 560 g/mol. The summed E-state index contributed by atoms with van der Waals surface area (Å²) in [6.07, 6.45) is 0. The molecule has 1 aliphatic rings. The Labute approximate surface area is 259 Å². The minimum atomic E-state index is -2.25. The van der Waals surface area contributed by atoms with Crippen molar-refractivity contribution >= 4 is 54.9 Å². The van der Waals surface area contributed by atoms with Gasteiger partial charge < -0.3 is 20.1 Å². The highest BCUT2D eigenvalue weighted by Crippen LogP contribution is 2.40. The number of para-hydroxylation sites is 2. The second kappa shape index (κ2) is 10.7. The molecular formula is C39H28N2O4. The van der Waals surface area contributed by atoms with Gasteiger partial charge in [-0.2, -0.15) is 0 Å². The Morgan fingerprint density at radius 1 is 0.467 bits per heavy atom.